The molecule has 0 saturated carbocycles. The maximum absolute atomic E-state index is 9.16. The highest BCUT2D eigenvalue weighted by Crippen LogP contribution is 2.10. The molecule has 0 aliphatic heterocycles. The first-order chi connectivity index (χ1) is 8.26. The van der Waals surface area contributed by atoms with E-state index in [1.807, 2.05) is 24.3 Å². The van der Waals surface area contributed by atoms with Crippen LogP contribution in [0, 0.1) is 5.92 Å². The number of hydrogen-bond acceptors (Lipinski definition) is 2. The second-order valence-electron chi connectivity index (χ2n) is 4.10. The number of phenols is 1. The molecule has 0 spiro atoms. The molecule has 0 unspecified atom stereocenters. The van der Waals surface area contributed by atoms with Gasteiger partial charge in [-0.25, -0.2) is 0 Å². The summed E-state index contributed by atoms with van der Waals surface area (Å²) < 4.78 is 5.79. The molecule has 0 atom stereocenters. The summed E-state index contributed by atoms with van der Waals surface area (Å²) in [5.74, 6) is 0.800. The smallest absolute Gasteiger partial charge is 0.192 e. The van der Waals surface area contributed by atoms with Crippen molar-refractivity contribution >= 4 is 14.9 Å². The van der Waals surface area contributed by atoms with Gasteiger partial charge in [0.05, 0.1) is 0 Å². The van der Waals surface area contributed by atoms with Gasteiger partial charge >= 0.3 is 0 Å². The van der Waals surface area contributed by atoms with Crippen LogP contribution in [0.15, 0.2) is 49.6 Å². The van der Waals surface area contributed by atoms with E-state index in [1.165, 1.54) is 5.19 Å². The lowest BCUT2D eigenvalue weighted by atomic mass is 10.0. The number of phenolic OH excluding ortho intramolecular Hbond substituents is 1. The highest BCUT2D eigenvalue weighted by atomic mass is 28.2. The highest BCUT2D eigenvalue weighted by Gasteiger charge is 2.05. The van der Waals surface area contributed by atoms with Gasteiger partial charge in [0.25, 0.3) is 0 Å². The molecular formula is C14H20O2Si. The largest absolute Gasteiger partial charge is 0.508 e. The van der Waals surface area contributed by atoms with E-state index < -0.39 is 9.76 Å². The van der Waals surface area contributed by atoms with Crippen LogP contribution in [-0.2, 0) is 4.43 Å². The zero-order valence-corrected chi connectivity index (χ0v) is 11.6. The van der Waals surface area contributed by atoms with Crippen molar-refractivity contribution in [3.8, 4) is 5.75 Å². The van der Waals surface area contributed by atoms with Gasteiger partial charge in [-0.05, 0) is 36.1 Å². The lowest BCUT2D eigenvalue weighted by molar-refractivity contribution is 0.266. The summed E-state index contributed by atoms with van der Waals surface area (Å²) in [5, 5.41) is 10.4. The van der Waals surface area contributed by atoms with Crippen molar-refractivity contribution in [2.75, 3.05) is 6.61 Å². The first-order valence-corrected chi connectivity index (χ1v) is 7.12. The minimum atomic E-state index is -0.684. The van der Waals surface area contributed by atoms with Gasteiger partial charge in [0.1, 0.15) is 5.75 Å². The molecule has 0 fully saturated rings. The number of allylic oxidation sites excluding steroid dienone is 2. The van der Waals surface area contributed by atoms with Gasteiger partial charge in [0.2, 0.25) is 0 Å². The van der Waals surface area contributed by atoms with Crippen molar-refractivity contribution in [1.82, 2.24) is 0 Å². The quantitative estimate of drug-likeness (QED) is 0.562. The molecule has 1 rings (SSSR count). The Hall–Kier alpha value is -1.32. The number of hydrogen-bond donors (Lipinski definition) is 1. The average molecular weight is 248 g/mol. The molecule has 0 heterocycles. The predicted octanol–water partition coefficient (Wildman–Crippen LogP) is 1.89. The fourth-order valence-corrected chi connectivity index (χ4v) is 2.75. The zero-order valence-electron chi connectivity index (χ0n) is 10.1. The fraction of sp³-hybridized carbons (Fsp3) is 0.286. The molecule has 0 amide bonds. The first-order valence-electron chi connectivity index (χ1n) is 5.83. The van der Waals surface area contributed by atoms with Gasteiger partial charge < -0.3 is 9.53 Å². The van der Waals surface area contributed by atoms with E-state index in [9.17, 15) is 0 Å². The Kier molecular flexibility index (Phi) is 6.36. The van der Waals surface area contributed by atoms with Gasteiger partial charge in [-0.1, -0.05) is 24.3 Å². The number of benzene rings is 1. The van der Waals surface area contributed by atoms with E-state index in [-0.39, 0.29) is 0 Å². The molecule has 17 heavy (non-hydrogen) atoms. The van der Waals surface area contributed by atoms with Crippen molar-refractivity contribution in [3.05, 3.63) is 49.6 Å². The molecule has 1 N–H and O–H groups in total. The van der Waals surface area contributed by atoms with Crippen LogP contribution in [0.25, 0.3) is 0 Å². The third-order valence-corrected chi connectivity index (χ3v) is 3.80. The van der Waals surface area contributed by atoms with Crippen molar-refractivity contribution in [3.63, 3.8) is 0 Å². The molecule has 0 aliphatic carbocycles. The van der Waals surface area contributed by atoms with Gasteiger partial charge in [-0.2, -0.15) is 0 Å². The van der Waals surface area contributed by atoms with E-state index in [0.717, 1.165) is 19.4 Å². The average Bonchev–Trinajstić information content (AvgIpc) is 2.32. The van der Waals surface area contributed by atoms with Crippen LogP contribution in [0.5, 0.6) is 5.75 Å². The Bertz CT molecular complexity index is 336. The summed E-state index contributed by atoms with van der Waals surface area (Å²) in [4.78, 5) is 0. The summed E-state index contributed by atoms with van der Waals surface area (Å²) in [6.07, 6.45) is 5.80. The maximum atomic E-state index is 9.16. The lowest BCUT2D eigenvalue weighted by Crippen LogP contribution is -2.20. The molecule has 0 aliphatic rings. The number of aromatic hydroxyl groups is 1. The van der Waals surface area contributed by atoms with Gasteiger partial charge in [0, 0.05) is 6.61 Å². The molecule has 1 aromatic rings. The van der Waals surface area contributed by atoms with Gasteiger partial charge in [-0.3, -0.25) is 0 Å². The molecule has 3 heteroatoms. The monoisotopic (exact) mass is 248 g/mol. The van der Waals surface area contributed by atoms with Crippen LogP contribution in [0.3, 0.4) is 0 Å². The van der Waals surface area contributed by atoms with Crippen LogP contribution in [0.1, 0.15) is 12.8 Å². The van der Waals surface area contributed by atoms with Crippen LogP contribution < -0.4 is 5.19 Å². The molecular weight excluding hydrogens is 228 g/mol. The maximum Gasteiger partial charge on any atom is 0.192 e. The molecule has 0 aromatic heterocycles. The summed E-state index contributed by atoms with van der Waals surface area (Å²) in [5.41, 5.74) is 0. The van der Waals surface area contributed by atoms with Crippen molar-refractivity contribution in [1.29, 1.82) is 0 Å². The molecule has 2 nitrogen and oxygen atoms in total. The Morgan fingerprint density at radius 1 is 1.18 bits per heavy atom. The van der Waals surface area contributed by atoms with Gasteiger partial charge in [-0.15, -0.1) is 13.2 Å². The van der Waals surface area contributed by atoms with E-state index in [1.54, 1.807) is 12.1 Å². The minimum Gasteiger partial charge on any atom is -0.508 e. The van der Waals surface area contributed by atoms with E-state index in [2.05, 4.69) is 13.2 Å². The molecule has 0 radical (unpaired) electrons. The standard InChI is InChI=1S/C14H20O2Si/c1-3-5-12(6-4-2)11-16-17-14-9-7-13(15)8-10-14/h3-4,7-10,12,15H,1-2,5-6,11,17H2. The normalized spacial score (nSPS) is 11.1. The minimum absolute atomic E-state index is 0.305. The third kappa shape index (κ3) is 5.52. The summed E-state index contributed by atoms with van der Waals surface area (Å²) in [6, 6.07) is 7.27. The van der Waals surface area contributed by atoms with E-state index in [4.69, 9.17) is 9.53 Å². The SMILES string of the molecule is C=CCC(CC=C)CO[SiH2]c1ccc(O)cc1. The molecule has 92 valence electrons. The van der Waals surface area contributed by atoms with Crippen LogP contribution in [0.4, 0.5) is 0 Å². The first kappa shape index (κ1) is 13.7. The topological polar surface area (TPSA) is 29.5 Å². The molecule has 1 aromatic carbocycles. The molecule has 0 bridgehead atoms. The fourth-order valence-electron chi connectivity index (χ4n) is 1.64. The van der Waals surface area contributed by atoms with Crippen LogP contribution in [0.2, 0.25) is 0 Å². The summed E-state index contributed by atoms with van der Waals surface area (Å²) in [6.45, 7) is 8.27. The van der Waals surface area contributed by atoms with Crippen molar-refractivity contribution < 1.29 is 9.53 Å². The molecule has 0 saturated heterocycles. The van der Waals surface area contributed by atoms with Crippen LogP contribution >= 0.6 is 0 Å². The Labute approximate surface area is 106 Å². The predicted molar refractivity (Wildman–Crippen MR) is 75.4 cm³/mol. The lowest BCUT2D eigenvalue weighted by Gasteiger charge is -2.13. The van der Waals surface area contributed by atoms with Crippen molar-refractivity contribution in [2.24, 2.45) is 5.92 Å². The van der Waals surface area contributed by atoms with E-state index >= 15 is 0 Å². The Balaban J connectivity index is 2.32. The van der Waals surface area contributed by atoms with Crippen molar-refractivity contribution in [2.45, 2.75) is 12.8 Å². The second kappa shape index (κ2) is 7.87. The zero-order chi connectivity index (χ0) is 12.5. The number of rotatable bonds is 8. The van der Waals surface area contributed by atoms with Crippen LogP contribution in [-0.4, -0.2) is 21.5 Å². The van der Waals surface area contributed by atoms with E-state index in [0.29, 0.717) is 11.7 Å². The second-order valence-corrected chi connectivity index (χ2v) is 5.61. The Morgan fingerprint density at radius 3 is 2.29 bits per heavy atom. The Morgan fingerprint density at radius 2 is 1.76 bits per heavy atom. The summed E-state index contributed by atoms with van der Waals surface area (Å²) >= 11 is 0. The van der Waals surface area contributed by atoms with Gasteiger partial charge in [0.15, 0.2) is 9.76 Å². The summed E-state index contributed by atoms with van der Waals surface area (Å²) in [7, 11) is -0.684. The third-order valence-electron chi connectivity index (χ3n) is 2.56. The highest BCUT2D eigenvalue weighted by molar-refractivity contribution is 6.46.